The zero-order valence-corrected chi connectivity index (χ0v) is 12.4. The summed E-state index contributed by atoms with van der Waals surface area (Å²) in [4.78, 5) is 14.8. The molecule has 0 N–H and O–H groups in total. The summed E-state index contributed by atoms with van der Waals surface area (Å²) in [5, 5.41) is 0. The topological polar surface area (TPSA) is 20.3 Å². The van der Waals surface area contributed by atoms with E-state index in [1.807, 2.05) is 0 Å². The van der Waals surface area contributed by atoms with Gasteiger partial charge in [-0.3, -0.25) is 4.79 Å². The first-order valence-electron chi connectivity index (χ1n) is 7.22. The van der Waals surface area contributed by atoms with E-state index in [1.54, 1.807) is 0 Å². The Hall–Kier alpha value is -0.530. The summed E-state index contributed by atoms with van der Waals surface area (Å²) < 4.78 is 0. The lowest BCUT2D eigenvalue weighted by Gasteiger charge is -2.34. The van der Waals surface area contributed by atoms with Crippen molar-refractivity contribution in [3.63, 3.8) is 0 Å². The Labute approximate surface area is 107 Å². The SMILES string of the molecule is CCC(C)C(C)C(=O)N1C(C)CC[C@H]1C(C)C. The summed E-state index contributed by atoms with van der Waals surface area (Å²) in [6.45, 7) is 13.1. The first kappa shape index (κ1) is 14.5. The van der Waals surface area contributed by atoms with E-state index in [4.69, 9.17) is 0 Å². The van der Waals surface area contributed by atoms with Crippen LogP contribution in [0.5, 0.6) is 0 Å². The third-order valence-corrected chi connectivity index (χ3v) is 4.62. The van der Waals surface area contributed by atoms with Gasteiger partial charge in [-0.25, -0.2) is 0 Å². The summed E-state index contributed by atoms with van der Waals surface area (Å²) in [5.74, 6) is 1.61. The molecule has 1 aliphatic rings. The minimum Gasteiger partial charge on any atom is -0.337 e. The molecule has 1 aliphatic heterocycles. The van der Waals surface area contributed by atoms with Crippen LogP contribution in [0.2, 0.25) is 0 Å². The second kappa shape index (κ2) is 5.88. The maximum absolute atomic E-state index is 12.6. The number of rotatable bonds is 4. The molecular weight excluding hydrogens is 210 g/mol. The highest BCUT2D eigenvalue weighted by Gasteiger charge is 2.38. The molecule has 1 heterocycles. The highest BCUT2D eigenvalue weighted by atomic mass is 16.2. The van der Waals surface area contributed by atoms with Gasteiger partial charge in [0, 0.05) is 18.0 Å². The van der Waals surface area contributed by atoms with Crippen LogP contribution in [0.1, 0.15) is 60.8 Å². The van der Waals surface area contributed by atoms with Gasteiger partial charge in [0.25, 0.3) is 0 Å². The van der Waals surface area contributed by atoms with Crippen LogP contribution >= 0.6 is 0 Å². The molecule has 0 aliphatic carbocycles. The normalized spacial score (nSPS) is 28.5. The zero-order chi connectivity index (χ0) is 13.2. The Kier molecular flexibility index (Phi) is 5.03. The molecule has 0 spiro atoms. The van der Waals surface area contributed by atoms with Gasteiger partial charge in [0.15, 0.2) is 0 Å². The van der Waals surface area contributed by atoms with E-state index in [1.165, 1.54) is 12.8 Å². The minimum atomic E-state index is 0.168. The smallest absolute Gasteiger partial charge is 0.226 e. The summed E-state index contributed by atoms with van der Waals surface area (Å²) in [6.07, 6.45) is 3.43. The molecule has 3 unspecified atom stereocenters. The van der Waals surface area contributed by atoms with Gasteiger partial charge in [-0.15, -0.1) is 0 Å². The molecule has 0 aromatic carbocycles. The predicted octanol–water partition coefficient (Wildman–Crippen LogP) is 3.70. The molecule has 0 radical (unpaired) electrons. The van der Waals surface area contributed by atoms with Crippen molar-refractivity contribution in [1.29, 1.82) is 0 Å². The molecule has 17 heavy (non-hydrogen) atoms. The van der Waals surface area contributed by atoms with Crippen molar-refractivity contribution in [3.05, 3.63) is 0 Å². The number of nitrogens with zero attached hydrogens (tertiary/aromatic N) is 1. The highest BCUT2D eigenvalue weighted by Crippen LogP contribution is 2.31. The van der Waals surface area contributed by atoms with E-state index in [0.717, 1.165) is 6.42 Å². The van der Waals surface area contributed by atoms with Crippen LogP contribution in [0.15, 0.2) is 0 Å². The average Bonchev–Trinajstić information content (AvgIpc) is 2.68. The number of hydrogen-bond donors (Lipinski definition) is 0. The molecule has 1 amide bonds. The van der Waals surface area contributed by atoms with Crippen LogP contribution in [-0.2, 0) is 4.79 Å². The largest absolute Gasteiger partial charge is 0.337 e. The Morgan fingerprint density at radius 2 is 1.82 bits per heavy atom. The highest BCUT2D eigenvalue weighted by molar-refractivity contribution is 5.79. The van der Waals surface area contributed by atoms with Gasteiger partial charge >= 0.3 is 0 Å². The van der Waals surface area contributed by atoms with Crippen molar-refractivity contribution in [1.82, 2.24) is 4.90 Å². The summed E-state index contributed by atoms with van der Waals surface area (Å²) >= 11 is 0. The van der Waals surface area contributed by atoms with Gasteiger partial charge < -0.3 is 4.90 Å². The number of likely N-dealkylation sites (tertiary alicyclic amines) is 1. The summed E-state index contributed by atoms with van der Waals surface area (Å²) in [7, 11) is 0. The summed E-state index contributed by atoms with van der Waals surface area (Å²) in [5.41, 5.74) is 0. The molecule has 100 valence electrons. The Morgan fingerprint density at radius 1 is 1.24 bits per heavy atom. The molecule has 4 atom stereocenters. The van der Waals surface area contributed by atoms with Gasteiger partial charge in [-0.05, 0) is 31.6 Å². The molecular formula is C15H29NO. The van der Waals surface area contributed by atoms with Crippen LogP contribution in [0.4, 0.5) is 0 Å². The summed E-state index contributed by atoms with van der Waals surface area (Å²) in [6, 6.07) is 0.894. The molecule has 1 fully saturated rings. The minimum absolute atomic E-state index is 0.168. The van der Waals surface area contributed by atoms with Gasteiger partial charge in [-0.2, -0.15) is 0 Å². The predicted molar refractivity (Wildman–Crippen MR) is 72.8 cm³/mol. The van der Waals surface area contributed by atoms with Crippen LogP contribution < -0.4 is 0 Å². The van der Waals surface area contributed by atoms with E-state index >= 15 is 0 Å². The molecule has 0 aromatic heterocycles. The first-order valence-corrected chi connectivity index (χ1v) is 7.22. The number of carbonyl (C=O) groups excluding carboxylic acids is 1. The Bertz CT molecular complexity index is 262. The van der Waals surface area contributed by atoms with E-state index in [9.17, 15) is 4.79 Å². The van der Waals surface area contributed by atoms with Crippen LogP contribution in [0, 0.1) is 17.8 Å². The second-order valence-electron chi connectivity index (χ2n) is 6.16. The monoisotopic (exact) mass is 239 g/mol. The lowest BCUT2D eigenvalue weighted by atomic mass is 9.91. The van der Waals surface area contributed by atoms with Crippen molar-refractivity contribution in [2.75, 3.05) is 0 Å². The molecule has 2 heteroatoms. The fourth-order valence-electron chi connectivity index (χ4n) is 2.88. The molecule has 1 rings (SSSR count). The van der Waals surface area contributed by atoms with Gasteiger partial charge in [0.2, 0.25) is 5.91 Å². The van der Waals surface area contributed by atoms with Crippen molar-refractivity contribution >= 4 is 5.91 Å². The lowest BCUT2D eigenvalue weighted by molar-refractivity contribution is -0.140. The third-order valence-electron chi connectivity index (χ3n) is 4.62. The van der Waals surface area contributed by atoms with Crippen LogP contribution in [0.25, 0.3) is 0 Å². The molecule has 0 saturated carbocycles. The second-order valence-corrected chi connectivity index (χ2v) is 6.16. The van der Waals surface area contributed by atoms with Crippen molar-refractivity contribution in [2.45, 2.75) is 72.9 Å². The zero-order valence-electron chi connectivity index (χ0n) is 12.4. The first-order chi connectivity index (χ1) is 7.90. The Balaban J connectivity index is 2.78. The van der Waals surface area contributed by atoms with E-state index in [-0.39, 0.29) is 5.92 Å². The van der Waals surface area contributed by atoms with Crippen molar-refractivity contribution in [3.8, 4) is 0 Å². The van der Waals surface area contributed by atoms with Gasteiger partial charge in [0.1, 0.15) is 0 Å². The van der Waals surface area contributed by atoms with Crippen molar-refractivity contribution in [2.24, 2.45) is 17.8 Å². The average molecular weight is 239 g/mol. The maximum atomic E-state index is 12.6. The molecule has 0 bridgehead atoms. The number of amides is 1. The molecule has 0 aromatic rings. The number of carbonyl (C=O) groups is 1. The van der Waals surface area contributed by atoms with Gasteiger partial charge in [-0.1, -0.05) is 41.0 Å². The van der Waals surface area contributed by atoms with Gasteiger partial charge in [0.05, 0.1) is 0 Å². The quantitative estimate of drug-likeness (QED) is 0.732. The number of hydrogen-bond acceptors (Lipinski definition) is 1. The lowest BCUT2D eigenvalue weighted by Crippen LogP contribution is -2.46. The third kappa shape index (κ3) is 3.02. The standard InChI is InChI=1S/C15H29NO/c1-7-11(4)13(6)15(17)16-12(5)8-9-14(16)10(2)3/h10-14H,7-9H2,1-6H3/t11?,12?,13?,14-/m0/s1. The van der Waals surface area contributed by atoms with E-state index < -0.39 is 0 Å². The van der Waals surface area contributed by atoms with Crippen molar-refractivity contribution < 1.29 is 4.79 Å². The Morgan fingerprint density at radius 3 is 2.29 bits per heavy atom. The fourth-order valence-corrected chi connectivity index (χ4v) is 2.88. The molecule has 2 nitrogen and oxygen atoms in total. The van der Waals surface area contributed by atoms with Crippen LogP contribution in [0.3, 0.4) is 0 Å². The fraction of sp³-hybridized carbons (Fsp3) is 0.933. The van der Waals surface area contributed by atoms with E-state index in [0.29, 0.717) is 29.8 Å². The maximum Gasteiger partial charge on any atom is 0.226 e. The van der Waals surface area contributed by atoms with Crippen LogP contribution in [-0.4, -0.2) is 22.9 Å². The van der Waals surface area contributed by atoms with E-state index in [2.05, 4.69) is 46.4 Å². The molecule has 1 saturated heterocycles.